The fourth-order valence-corrected chi connectivity index (χ4v) is 4.82. The molecule has 1 aromatic carbocycles. The van der Waals surface area contributed by atoms with Gasteiger partial charge in [-0.05, 0) is 69.2 Å². The smallest absolute Gasteiger partial charge is 0.165 e. The van der Waals surface area contributed by atoms with E-state index in [1.165, 1.54) is 60.3 Å². The summed E-state index contributed by atoms with van der Waals surface area (Å²) in [4.78, 5) is 5.13. The Balaban J connectivity index is 0.00000272. The van der Waals surface area contributed by atoms with Crippen LogP contribution >= 0.6 is 12.4 Å². The number of ether oxygens (including phenoxy) is 1. The number of hydrogen-bond acceptors (Lipinski definition) is 4. The second-order valence-electron chi connectivity index (χ2n) is 8.53. The second kappa shape index (κ2) is 9.90. The Kier molecular flexibility index (Phi) is 7.47. The molecule has 31 heavy (non-hydrogen) atoms. The molecule has 0 unspecified atom stereocenters. The van der Waals surface area contributed by atoms with Gasteiger partial charge in [0.05, 0.1) is 12.8 Å². The zero-order valence-electron chi connectivity index (χ0n) is 19.4. The number of fused-ring (bicyclic) bond motifs is 2. The van der Waals surface area contributed by atoms with E-state index in [1.54, 1.807) is 7.11 Å². The van der Waals surface area contributed by atoms with E-state index in [1.807, 2.05) is 6.07 Å². The highest BCUT2D eigenvalue weighted by atomic mass is 35.5. The van der Waals surface area contributed by atoms with Crippen LogP contribution in [0.3, 0.4) is 0 Å². The van der Waals surface area contributed by atoms with Crippen LogP contribution in [-0.4, -0.2) is 27.7 Å². The minimum absolute atomic E-state index is 0. The van der Waals surface area contributed by atoms with Gasteiger partial charge in [0.25, 0.3) is 0 Å². The van der Waals surface area contributed by atoms with E-state index in [2.05, 4.69) is 49.7 Å². The minimum Gasteiger partial charge on any atom is -0.497 e. The molecule has 0 radical (unpaired) electrons. The van der Waals surface area contributed by atoms with E-state index in [0.29, 0.717) is 6.04 Å². The van der Waals surface area contributed by atoms with Crippen molar-refractivity contribution in [3.63, 3.8) is 0 Å². The molecule has 0 saturated carbocycles. The summed E-state index contributed by atoms with van der Waals surface area (Å²) in [5.41, 5.74) is 8.08. The average Bonchev–Trinajstić information content (AvgIpc) is 3.32. The summed E-state index contributed by atoms with van der Waals surface area (Å²) < 4.78 is 7.49. The lowest BCUT2D eigenvalue weighted by Gasteiger charge is -2.21. The first-order valence-electron chi connectivity index (χ1n) is 11.4. The summed E-state index contributed by atoms with van der Waals surface area (Å²) >= 11 is 0. The Morgan fingerprint density at radius 3 is 2.52 bits per heavy atom. The number of nitrogens with one attached hydrogen (secondary N) is 1. The van der Waals surface area contributed by atoms with Crippen molar-refractivity contribution in [3.8, 4) is 16.9 Å². The van der Waals surface area contributed by atoms with E-state index in [-0.39, 0.29) is 12.4 Å². The molecule has 0 amide bonds. The largest absolute Gasteiger partial charge is 0.497 e. The molecule has 0 saturated heterocycles. The summed E-state index contributed by atoms with van der Waals surface area (Å²) in [6, 6.07) is 6.72. The normalized spacial score (nSPS) is 12.8. The van der Waals surface area contributed by atoms with Gasteiger partial charge in [-0.1, -0.05) is 32.8 Å². The topological polar surface area (TPSA) is 51.5 Å². The Hall–Kier alpha value is -2.27. The highest BCUT2D eigenvalue weighted by molar-refractivity contribution is 5.85. The van der Waals surface area contributed by atoms with Gasteiger partial charge in [0.2, 0.25) is 0 Å². The zero-order valence-corrected chi connectivity index (χ0v) is 20.2. The molecular weight excluding hydrogens is 408 g/mol. The SMILES string of the molecule is CCCC(CCC)Nc1c2c(nc3c(-c4ccc(OC)cc4C)c(C)nn13)CCC2.Cl. The number of rotatable bonds is 8. The number of methoxy groups -OCH3 is 1. The van der Waals surface area contributed by atoms with Gasteiger partial charge in [-0.3, -0.25) is 0 Å². The molecular formula is C25H35ClN4O. The Labute approximate surface area is 192 Å². The van der Waals surface area contributed by atoms with Crippen molar-refractivity contribution >= 4 is 23.9 Å². The number of nitrogens with zero attached hydrogens (tertiary/aromatic N) is 3. The van der Waals surface area contributed by atoms with Gasteiger partial charge in [0.1, 0.15) is 11.6 Å². The third-order valence-electron chi connectivity index (χ3n) is 6.28. The fourth-order valence-electron chi connectivity index (χ4n) is 4.82. The van der Waals surface area contributed by atoms with Crippen molar-refractivity contribution < 1.29 is 4.74 Å². The maximum Gasteiger partial charge on any atom is 0.165 e. The van der Waals surface area contributed by atoms with Crippen LogP contribution in [0.25, 0.3) is 16.8 Å². The number of aryl methyl sites for hydroxylation is 3. The molecule has 3 aromatic rings. The quantitative estimate of drug-likeness (QED) is 0.443. The molecule has 1 aliphatic carbocycles. The summed E-state index contributed by atoms with van der Waals surface area (Å²) in [6.07, 6.45) is 8.03. The van der Waals surface area contributed by atoms with Crippen molar-refractivity contribution in [2.24, 2.45) is 0 Å². The lowest BCUT2D eigenvalue weighted by molar-refractivity contribution is 0.414. The van der Waals surface area contributed by atoms with Crippen LogP contribution in [-0.2, 0) is 12.8 Å². The maximum atomic E-state index is 5.41. The molecule has 0 spiro atoms. The monoisotopic (exact) mass is 442 g/mol. The predicted molar refractivity (Wildman–Crippen MR) is 131 cm³/mol. The molecule has 1 aliphatic rings. The van der Waals surface area contributed by atoms with Gasteiger partial charge >= 0.3 is 0 Å². The number of benzene rings is 1. The highest BCUT2D eigenvalue weighted by Crippen LogP contribution is 2.36. The third-order valence-corrected chi connectivity index (χ3v) is 6.28. The molecule has 168 valence electrons. The molecule has 6 heteroatoms. The molecule has 4 rings (SSSR count). The Morgan fingerprint density at radius 1 is 1.13 bits per heavy atom. The molecule has 2 aromatic heterocycles. The summed E-state index contributed by atoms with van der Waals surface area (Å²) in [5.74, 6) is 2.04. The van der Waals surface area contributed by atoms with Crippen molar-refractivity contribution in [2.45, 2.75) is 78.7 Å². The van der Waals surface area contributed by atoms with Gasteiger partial charge in [-0.25, -0.2) is 4.98 Å². The highest BCUT2D eigenvalue weighted by Gasteiger charge is 2.25. The molecule has 0 bridgehead atoms. The van der Waals surface area contributed by atoms with Gasteiger partial charge < -0.3 is 10.1 Å². The van der Waals surface area contributed by atoms with Crippen LogP contribution in [0.15, 0.2) is 18.2 Å². The van der Waals surface area contributed by atoms with Crippen LogP contribution in [0.5, 0.6) is 5.75 Å². The van der Waals surface area contributed by atoms with E-state index in [9.17, 15) is 0 Å². The summed E-state index contributed by atoms with van der Waals surface area (Å²) in [5, 5.41) is 8.87. The van der Waals surface area contributed by atoms with Gasteiger partial charge in [0, 0.05) is 22.9 Å². The van der Waals surface area contributed by atoms with Crippen LogP contribution in [0.1, 0.15) is 68.5 Å². The molecule has 0 fully saturated rings. The van der Waals surface area contributed by atoms with Crippen molar-refractivity contribution in [1.29, 1.82) is 0 Å². The van der Waals surface area contributed by atoms with Crippen molar-refractivity contribution in [2.75, 3.05) is 12.4 Å². The number of aromatic nitrogens is 3. The maximum absolute atomic E-state index is 5.41. The predicted octanol–water partition coefficient (Wildman–Crippen LogP) is 6.31. The van der Waals surface area contributed by atoms with Gasteiger partial charge in [-0.2, -0.15) is 9.61 Å². The lowest BCUT2D eigenvalue weighted by atomic mass is 10.0. The summed E-state index contributed by atoms with van der Waals surface area (Å²) in [7, 11) is 1.71. The lowest BCUT2D eigenvalue weighted by Crippen LogP contribution is -2.22. The minimum atomic E-state index is 0. The number of hydrogen-bond donors (Lipinski definition) is 1. The first-order valence-corrected chi connectivity index (χ1v) is 11.4. The first kappa shape index (κ1) is 23.4. The Bertz CT molecular complexity index is 1050. The van der Waals surface area contributed by atoms with E-state index < -0.39 is 0 Å². The average molecular weight is 443 g/mol. The standard InChI is InChI=1S/C25H34N4O.ClH/c1-6-9-18(10-7-2)26-24-21-11-8-12-22(21)27-25-23(17(4)28-29(24)25)20-14-13-19(30-5)15-16(20)3;/h13-15,18,26H,6-12H2,1-5H3;1H. The third kappa shape index (κ3) is 4.38. The number of halogens is 1. The van der Waals surface area contributed by atoms with Gasteiger partial charge in [0.15, 0.2) is 5.65 Å². The van der Waals surface area contributed by atoms with E-state index >= 15 is 0 Å². The van der Waals surface area contributed by atoms with E-state index in [4.69, 9.17) is 14.8 Å². The molecule has 0 atom stereocenters. The van der Waals surface area contributed by atoms with Gasteiger partial charge in [-0.15, -0.1) is 12.4 Å². The van der Waals surface area contributed by atoms with Crippen LogP contribution in [0, 0.1) is 13.8 Å². The van der Waals surface area contributed by atoms with Crippen LogP contribution in [0.2, 0.25) is 0 Å². The van der Waals surface area contributed by atoms with Crippen LogP contribution < -0.4 is 10.1 Å². The molecule has 0 aliphatic heterocycles. The molecule has 2 heterocycles. The molecule has 5 nitrogen and oxygen atoms in total. The zero-order chi connectivity index (χ0) is 21.3. The van der Waals surface area contributed by atoms with E-state index in [0.717, 1.165) is 35.5 Å². The molecule has 1 N–H and O–H groups in total. The van der Waals surface area contributed by atoms with Crippen molar-refractivity contribution in [1.82, 2.24) is 14.6 Å². The fraction of sp³-hybridized carbons (Fsp3) is 0.520. The first-order chi connectivity index (χ1) is 14.6. The summed E-state index contributed by atoms with van der Waals surface area (Å²) in [6.45, 7) is 8.75. The second-order valence-corrected chi connectivity index (χ2v) is 8.53. The van der Waals surface area contributed by atoms with Crippen molar-refractivity contribution in [3.05, 3.63) is 40.7 Å². The Morgan fingerprint density at radius 2 is 1.87 bits per heavy atom. The van der Waals surface area contributed by atoms with Crippen LogP contribution in [0.4, 0.5) is 5.82 Å². The number of anilines is 1.